The fourth-order valence-electron chi connectivity index (χ4n) is 1.19. The van der Waals surface area contributed by atoms with Crippen LogP contribution in [-0.4, -0.2) is 9.97 Å². The highest BCUT2D eigenvalue weighted by Crippen LogP contribution is 2.25. The van der Waals surface area contributed by atoms with Crippen molar-refractivity contribution in [2.45, 2.75) is 10.6 Å². The molecule has 0 aliphatic rings. The molecule has 0 spiro atoms. The average molecular weight is 252 g/mol. The number of nitrogens with two attached hydrogens (primary N) is 1. The van der Waals surface area contributed by atoms with E-state index < -0.39 is 0 Å². The summed E-state index contributed by atoms with van der Waals surface area (Å²) < 4.78 is 0. The van der Waals surface area contributed by atoms with Gasteiger partial charge in [-0.2, -0.15) is 0 Å². The van der Waals surface area contributed by atoms with Gasteiger partial charge < -0.3 is 5.73 Å². The Morgan fingerprint density at radius 1 is 1.19 bits per heavy atom. The van der Waals surface area contributed by atoms with Gasteiger partial charge in [0.25, 0.3) is 0 Å². The lowest BCUT2D eigenvalue weighted by atomic mass is 10.4. The summed E-state index contributed by atoms with van der Waals surface area (Å²) in [5.41, 5.74) is 6.42. The normalized spacial score (nSPS) is 10.3. The van der Waals surface area contributed by atoms with Gasteiger partial charge in [-0.1, -0.05) is 11.6 Å². The number of pyridine rings is 2. The van der Waals surface area contributed by atoms with E-state index in [1.807, 2.05) is 12.1 Å². The Morgan fingerprint density at radius 2 is 1.94 bits per heavy atom. The number of hydrogen-bond acceptors (Lipinski definition) is 4. The van der Waals surface area contributed by atoms with Crippen molar-refractivity contribution in [1.82, 2.24) is 9.97 Å². The molecule has 0 atom stereocenters. The predicted octanol–water partition coefficient (Wildman–Crippen LogP) is 3.00. The molecule has 0 unspecified atom stereocenters. The van der Waals surface area contributed by atoms with Gasteiger partial charge >= 0.3 is 0 Å². The topological polar surface area (TPSA) is 51.8 Å². The van der Waals surface area contributed by atoms with E-state index in [1.165, 1.54) is 0 Å². The van der Waals surface area contributed by atoms with Crippen molar-refractivity contribution in [1.29, 1.82) is 0 Å². The van der Waals surface area contributed by atoms with Crippen LogP contribution < -0.4 is 5.73 Å². The monoisotopic (exact) mass is 251 g/mol. The highest BCUT2D eigenvalue weighted by molar-refractivity contribution is 7.98. The van der Waals surface area contributed by atoms with Crippen molar-refractivity contribution in [3.63, 3.8) is 0 Å². The lowest BCUT2D eigenvalue weighted by molar-refractivity contribution is 1.18. The van der Waals surface area contributed by atoms with Crippen molar-refractivity contribution >= 4 is 29.2 Å². The standard InChI is InChI=1S/C11H10ClN3S/c12-9-1-2-11(13)15-10(9)7-16-8-3-5-14-6-4-8/h1-6H,7H2,(H2,13,15). The predicted molar refractivity (Wildman–Crippen MR) is 67.5 cm³/mol. The van der Waals surface area contributed by atoms with E-state index in [1.54, 1.807) is 36.3 Å². The molecular formula is C11H10ClN3S. The summed E-state index contributed by atoms with van der Waals surface area (Å²) in [5.74, 6) is 1.20. The molecule has 0 aliphatic carbocycles. The second-order valence-electron chi connectivity index (χ2n) is 3.14. The third-order valence-corrected chi connectivity index (χ3v) is 3.33. The summed E-state index contributed by atoms with van der Waals surface area (Å²) in [5, 5.41) is 0.649. The molecule has 0 saturated carbocycles. The number of nitrogen functional groups attached to an aromatic ring is 1. The van der Waals surface area contributed by atoms with E-state index in [-0.39, 0.29) is 0 Å². The maximum atomic E-state index is 6.02. The zero-order valence-electron chi connectivity index (χ0n) is 8.43. The van der Waals surface area contributed by atoms with Gasteiger partial charge in [0.05, 0.1) is 10.7 Å². The molecule has 2 rings (SSSR count). The summed E-state index contributed by atoms with van der Waals surface area (Å²) in [7, 11) is 0. The van der Waals surface area contributed by atoms with Crippen molar-refractivity contribution in [2.24, 2.45) is 0 Å². The van der Waals surface area contributed by atoms with Crippen LogP contribution in [0.4, 0.5) is 5.82 Å². The lowest BCUT2D eigenvalue weighted by Gasteiger charge is -2.04. The molecule has 0 fully saturated rings. The maximum Gasteiger partial charge on any atom is 0.123 e. The number of nitrogens with zero attached hydrogens (tertiary/aromatic N) is 2. The second-order valence-corrected chi connectivity index (χ2v) is 4.59. The van der Waals surface area contributed by atoms with Gasteiger partial charge in [-0.05, 0) is 24.3 Å². The molecule has 2 N–H and O–H groups in total. The van der Waals surface area contributed by atoms with E-state index in [2.05, 4.69) is 9.97 Å². The fourth-order valence-corrected chi connectivity index (χ4v) is 2.28. The van der Waals surface area contributed by atoms with E-state index in [0.717, 1.165) is 10.6 Å². The van der Waals surface area contributed by atoms with Crippen LogP contribution in [-0.2, 0) is 5.75 Å². The quantitative estimate of drug-likeness (QED) is 0.852. The van der Waals surface area contributed by atoms with E-state index in [0.29, 0.717) is 16.6 Å². The smallest absolute Gasteiger partial charge is 0.123 e. The molecule has 0 saturated heterocycles. The second kappa shape index (κ2) is 5.18. The SMILES string of the molecule is Nc1ccc(Cl)c(CSc2ccncc2)n1. The van der Waals surface area contributed by atoms with Gasteiger partial charge in [0.1, 0.15) is 5.82 Å². The summed E-state index contributed by atoms with van der Waals surface area (Å²) >= 11 is 7.67. The summed E-state index contributed by atoms with van der Waals surface area (Å²) in [6, 6.07) is 7.37. The molecule has 0 aromatic carbocycles. The Kier molecular flexibility index (Phi) is 3.64. The van der Waals surface area contributed by atoms with Crippen molar-refractivity contribution in [3.05, 3.63) is 47.4 Å². The van der Waals surface area contributed by atoms with Gasteiger partial charge in [-0.3, -0.25) is 4.98 Å². The van der Waals surface area contributed by atoms with Crippen LogP contribution in [0.2, 0.25) is 5.02 Å². The van der Waals surface area contributed by atoms with Gasteiger partial charge in [0.2, 0.25) is 0 Å². The number of aromatic nitrogens is 2. The molecule has 82 valence electrons. The van der Waals surface area contributed by atoms with E-state index >= 15 is 0 Å². The first-order valence-electron chi connectivity index (χ1n) is 4.69. The minimum Gasteiger partial charge on any atom is -0.384 e. The summed E-state index contributed by atoms with van der Waals surface area (Å²) in [6.45, 7) is 0. The Balaban J connectivity index is 2.08. The van der Waals surface area contributed by atoms with Crippen molar-refractivity contribution in [2.75, 3.05) is 5.73 Å². The van der Waals surface area contributed by atoms with Crippen molar-refractivity contribution in [3.8, 4) is 0 Å². The van der Waals surface area contributed by atoms with Gasteiger partial charge in [-0.15, -0.1) is 11.8 Å². The molecule has 0 amide bonds. The molecular weight excluding hydrogens is 242 g/mol. The maximum absolute atomic E-state index is 6.02. The molecule has 0 radical (unpaired) electrons. The van der Waals surface area contributed by atoms with Crippen LogP contribution in [0.3, 0.4) is 0 Å². The molecule has 5 heteroatoms. The first kappa shape index (κ1) is 11.2. The average Bonchev–Trinajstić information content (AvgIpc) is 2.32. The minimum absolute atomic E-state index is 0.495. The van der Waals surface area contributed by atoms with Crippen molar-refractivity contribution < 1.29 is 0 Å². The van der Waals surface area contributed by atoms with E-state index in [4.69, 9.17) is 17.3 Å². The zero-order chi connectivity index (χ0) is 11.4. The van der Waals surface area contributed by atoms with Crippen LogP contribution in [0.15, 0.2) is 41.6 Å². The Bertz CT molecular complexity index is 476. The molecule has 2 heterocycles. The first-order chi connectivity index (χ1) is 7.75. The van der Waals surface area contributed by atoms with Crippen LogP contribution in [0.25, 0.3) is 0 Å². The molecule has 2 aromatic heterocycles. The van der Waals surface area contributed by atoms with E-state index in [9.17, 15) is 0 Å². The fraction of sp³-hybridized carbons (Fsp3) is 0.0909. The summed E-state index contributed by atoms with van der Waals surface area (Å²) in [4.78, 5) is 9.29. The Labute approximate surface area is 103 Å². The Morgan fingerprint density at radius 3 is 2.69 bits per heavy atom. The summed E-state index contributed by atoms with van der Waals surface area (Å²) in [6.07, 6.45) is 3.52. The minimum atomic E-state index is 0.495. The third kappa shape index (κ3) is 2.87. The van der Waals surface area contributed by atoms with Gasteiger partial charge in [0.15, 0.2) is 0 Å². The molecule has 0 bridgehead atoms. The number of rotatable bonds is 3. The van der Waals surface area contributed by atoms with Gasteiger partial charge in [0, 0.05) is 23.0 Å². The third-order valence-electron chi connectivity index (χ3n) is 1.97. The molecule has 2 aromatic rings. The Hall–Kier alpha value is -1.26. The largest absolute Gasteiger partial charge is 0.384 e. The number of anilines is 1. The van der Waals surface area contributed by atoms with Crippen LogP contribution >= 0.6 is 23.4 Å². The molecule has 0 aliphatic heterocycles. The number of thioether (sulfide) groups is 1. The first-order valence-corrected chi connectivity index (χ1v) is 6.06. The zero-order valence-corrected chi connectivity index (χ0v) is 10.0. The highest BCUT2D eigenvalue weighted by atomic mass is 35.5. The molecule has 3 nitrogen and oxygen atoms in total. The molecule has 16 heavy (non-hydrogen) atoms. The lowest BCUT2D eigenvalue weighted by Crippen LogP contribution is -1.95. The van der Waals surface area contributed by atoms with Crippen LogP contribution in [0.1, 0.15) is 5.69 Å². The van der Waals surface area contributed by atoms with Crippen LogP contribution in [0, 0.1) is 0 Å². The highest BCUT2D eigenvalue weighted by Gasteiger charge is 2.03. The number of halogens is 1. The van der Waals surface area contributed by atoms with Crippen LogP contribution in [0.5, 0.6) is 0 Å². The van der Waals surface area contributed by atoms with Gasteiger partial charge in [-0.25, -0.2) is 4.98 Å². The number of hydrogen-bond donors (Lipinski definition) is 1.